The quantitative estimate of drug-likeness (QED) is 0.719. The van der Waals surface area contributed by atoms with Crippen LogP contribution >= 0.6 is 23.2 Å². The Balaban J connectivity index is 1.28. The lowest BCUT2D eigenvalue weighted by Gasteiger charge is -2.39. The Kier molecular flexibility index (Phi) is 7.01. The zero-order valence-electron chi connectivity index (χ0n) is 15.2. The van der Waals surface area contributed by atoms with E-state index in [1.165, 1.54) is 0 Å². The van der Waals surface area contributed by atoms with Crippen molar-refractivity contribution in [1.82, 2.24) is 15.5 Å². The second kappa shape index (κ2) is 9.66. The number of carbonyl (C=O) groups excluding carboxylic acids is 2. The predicted molar refractivity (Wildman–Crippen MR) is 109 cm³/mol. The van der Waals surface area contributed by atoms with E-state index in [1.807, 2.05) is 12.1 Å². The first kappa shape index (κ1) is 20.3. The van der Waals surface area contributed by atoms with E-state index in [0.717, 1.165) is 5.56 Å². The van der Waals surface area contributed by atoms with E-state index >= 15 is 0 Å². The van der Waals surface area contributed by atoms with Crippen LogP contribution in [0.5, 0.6) is 5.75 Å². The summed E-state index contributed by atoms with van der Waals surface area (Å²) in [4.78, 5) is 25.7. The van der Waals surface area contributed by atoms with Crippen LogP contribution in [0, 0.1) is 5.92 Å². The van der Waals surface area contributed by atoms with Crippen molar-refractivity contribution >= 4 is 35.1 Å². The molecule has 1 saturated heterocycles. The van der Waals surface area contributed by atoms with Crippen LogP contribution in [0.15, 0.2) is 48.5 Å². The van der Waals surface area contributed by atoms with E-state index in [0.29, 0.717) is 42.0 Å². The molecule has 0 bridgehead atoms. The number of ether oxygens (including phenoxy) is 1. The number of rotatable bonds is 7. The summed E-state index contributed by atoms with van der Waals surface area (Å²) in [5.74, 6) is 0.646. The topological polar surface area (TPSA) is 70.7 Å². The molecule has 6 nitrogen and oxygen atoms in total. The van der Waals surface area contributed by atoms with Crippen molar-refractivity contribution in [3.63, 3.8) is 0 Å². The number of benzene rings is 2. The monoisotopic (exact) mass is 421 g/mol. The maximum Gasteiger partial charge on any atom is 0.317 e. The van der Waals surface area contributed by atoms with Crippen LogP contribution in [-0.2, 0) is 11.3 Å². The maximum atomic E-state index is 12.1. The van der Waals surface area contributed by atoms with Crippen molar-refractivity contribution in [1.29, 1.82) is 0 Å². The fraction of sp³-hybridized carbons (Fsp3) is 0.300. The van der Waals surface area contributed by atoms with Crippen LogP contribution in [0.25, 0.3) is 0 Å². The van der Waals surface area contributed by atoms with Gasteiger partial charge in [0.25, 0.3) is 5.91 Å². The van der Waals surface area contributed by atoms with Gasteiger partial charge >= 0.3 is 6.03 Å². The van der Waals surface area contributed by atoms with Gasteiger partial charge in [-0.3, -0.25) is 4.79 Å². The van der Waals surface area contributed by atoms with Crippen LogP contribution < -0.4 is 15.4 Å². The number of carbonyl (C=O) groups is 2. The summed E-state index contributed by atoms with van der Waals surface area (Å²) >= 11 is 11.6. The van der Waals surface area contributed by atoms with Gasteiger partial charge < -0.3 is 20.3 Å². The average Bonchev–Trinajstić information content (AvgIpc) is 2.66. The van der Waals surface area contributed by atoms with Crippen molar-refractivity contribution in [3.05, 3.63) is 64.1 Å². The predicted octanol–water partition coefficient (Wildman–Crippen LogP) is 3.33. The molecule has 1 aliphatic rings. The average molecular weight is 422 g/mol. The van der Waals surface area contributed by atoms with Gasteiger partial charge in [0.05, 0.1) is 0 Å². The zero-order chi connectivity index (χ0) is 19.9. The molecular weight excluding hydrogens is 401 g/mol. The summed E-state index contributed by atoms with van der Waals surface area (Å²) < 4.78 is 5.39. The molecule has 8 heteroatoms. The summed E-state index contributed by atoms with van der Waals surface area (Å²) in [6, 6.07) is 14.1. The Labute approximate surface area is 173 Å². The Morgan fingerprint density at radius 1 is 0.964 bits per heavy atom. The first-order valence-corrected chi connectivity index (χ1v) is 9.67. The van der Waals surface area contributed by atoms with E-state index in [9.17, 15) is 9.59 Å². The molecule has 148 valence electrons. The van der Waals surface area contributed by atoms with E-state index < -0.39 is 0 Å². The number of hydrogen-bond acceptors (Lipinski definition) is 3. The van der Waals surface area contributed by atoms with Gasteiger partial charge in [-0.2, -0.15) is 0 Å². The highest BCUT2D eigenvalue weighted by molar-refractivity contribution is 6.30. The minimum absolute atomic E-state index is 0.0559. The number of nitrogens with zero attached hydrogens (tertiary/aromatic N) is 1. The first-order chi connectivity index (χ1) is 13.5. The molecule has 1 aliphatic heterocycles. The normalized spacial score (nSPS) is 13.6. The molecule has 0 aliphatic carbocycles. The molecule has 3 rings (SSSR count). The molecule has 0 spiro atoms. The van der Waals surface area contributed by atoms with E-state index in [2.05, 4.69) is 10.6 Å². The molecular formula is C20H21Cl2N3O3. The van der Waals surface area contributed by atoms with Gasteiger partial charge in [0.1, 0.15) is 5.75 Å². The standard InChI is InChI=1S/C20H21Cl2N3O3/c21-16-3-1-14(2-4-16)9-24-20(27)25-11-15(12-25)10-23-19(26)13-28-18-7-5-17(22)6-8-18/h1-8,15H,9-13H2,(H,23,26)(H,24,27). The number of urea groups is 1. The lowest BCUT2D eigenvalue weighted by atomic mass is 10.0. The molecule has 3 amide bonds. The first-order valence-electron chi connectivity index (χ1n) is 8.92. The number of hydrogen-bond donors (Lipinski definition) is 2. The van der Waals surface area contributed by atoms with Crippen molar-refractivity contribution in [2.24, 2.45) is 5.92 Å². The van der Waals surface area contributed by atoms with Crippen LogP contribution in [0.1, 0.15) is 5.56 Å². The van der Waals surface area contributed by atoms with Crippen molar-refractivity contribution in [3.8, 4) is 5.75 Å². The molecule has 0 saturated carbocycles. The van der Waals surface area contributed by atoms with Gasteiger partial charge in [0.15, 0.2) is 6.61 Å². The minimum Gasteiger partial charge on any atom is -0.484 e. The van der Waals surface area contributed by atoms with Crippen LogP contribution in [0.2, 0.25) is 10.0 Å². The van der Waals surface area contributed by atoms with Gasteiger partial charge in [-0.1, -0.05) is 35.3 Å². The van der Waals surface area contributed by atoms with Crippen molar-refractivity contribution in [2.45, 2.75) is 6.54 Å². The van der Waals surface area contributed by atoms with Crippen LogP contribution in [0.3, 0.4) is 0 Å². The highest BCUT2D eigenvalue weighted by atomic mass is 35.5. The maximum absolute atomic E-state index is 12.1. The van der Waals surface area contributed by atoms with Crippen molar-refractivity contribution in [2.75, 3.05) is 26.2 Å². The number of amides is 3. The molecule has 28 heavy (non-hydrogen) atoms. The summed E-state index contributed by atoms with van der Waals surface area (Å²) in [6.07, 6.45) is 0. The second-order valence-electron chi connectivity index (χ2n) is 6.60. The Hall–Kier alpha value is -2.44. The number of halogens is 2. The Bertz CT molecular complexity index is 804. The van der Waals surface area contributed by atoms with Gasteiger partial charge in [0, 0.05) is 42.1 Å². The molecule has 0 radical (unpaired) electrons. The summed E-state index contributed by atoms with van der Waals surface area (Å²) in [7, 11) is 0. The molecule has 2 N–H and O–H groups in total. The molecule has 2 aromatic carbocycles. The van der Waals surface area contributed by atoms with Crippen LogP contribution in [-0.4, -0.2) is 43.1 Å². The fourth-order valence-electron chi connectivity index (χ4n) is 2.75. The number of nitrogens with one attached hydrogen (secondary N) is 2. The number of likely N-dealkylation sites (tertiary alicyclic amines) is 1. The van der Waals surface area contributed by atoms with Crippen LogP contribution in [0.4, 0.5) is 4.79 Å². The molecule has 1 fully saturated rings. The van der Waals surface area contributed by atoms with Gasteiger partial charge in [-0.15, -0.1) is 0 Å². The molecule has 0 unspecified atom stereocenters. The summed E-state index contributed by atoms with van der Waals surface area (Å²) in [6.45, 7) is 2.15. The summed E-state index contributed by atoms with van der Waals surface area (Å²) in [5, 5.41) is 6.99. The zero-order valence-corrected chi connectivity index (χ0v) is 16.7. The third-order valence-electron chi connectivity index (χ3n) is 4.37. The van der Waals surface area contributed by atoms with E-state index in [-0.39, 0.29) is 24.5 Å². The van der Waals surface area contributed by atoms with E-state index in [4.69, 9.17) is 27.9 Å². The summed E-state index contributed by atoms with van der Waals surface area (Å²) in [5.41, 5.74) is 0.989. The lowest BCUT2D eigenvalue weighted by molar-refractivity contribution is -0.123. The highest BCUT2D eigenvalue weighted by Crippen LogP contribution is 2.16. The molecule has 0 aromatic heterocycles. The fourth-order valence-corrected chi connectivity index (χ4v) is 3.00. The Morgan fingerprint density at radius 2 is 1.57 bits per heavy atom. The molecule has 2 aromatic rings. The minimum atomic E-state index is -0.194. The molecule has 1 heterocycles. The van der Waals surface area contributed by atoms with Gasteiger partial charge in [0.2, 0.25) is 0 Å². The lowest BCUT2D eigenvalue weighted by Crippen LogP contribution is -2.56. The van der Waals surface area contributed by atoms with Gasteiger partial charge in [-0.05, 0) is 42.0 Å². The highest BCUT2D eigenvalue weighted by Gasteiger charge is 2.30. The SMILES string of the molecule is O=C(COc1ccc(Cl)cc1)NCC1CN(C(=O)NCc2ccc(Cl)cc2)C1. The van der Waals surface area contributed by atoms with Gasteiger partial charge in [-0.25, -0.2) is 4.79 Å². The Morgan fingerprint density at radius 3 is 2.21 bits per heavy atom. The van der Waals surface area contributed by atoms with Crippen molar-refractivity contribution < 1.29 is 14.3 Å². The largest absolute Gasteiger partial charge is 0.484 e. The molecule has 0 atom stereocenters. The smallest absolute Gasteiger partial charge is 0.317 e. The third-order valence-corrected chi connectivity index (χ3v) is 4.88. The van der Waals surface area contributed by atoms with E-state index in [1.54, 1.807) is 41.3 Å². The second-order valence-corrected chi connectivity index (χ2v) is 7.48. The third kappa shape index (κ3) is 6.04.